The molecular formula is C17H21NO. The number of methoxy groups -OCH3 is 1. The third-order valence-electron chi connectivity index (χ3n) is 3.44. The minimum absolute atomic E-state index is 0.00259. The molecule has 0 saturated heterocycles. The fourth-order valence-corrected chi connectivity index (χ4v) is 2.16. The predicted octanol–water partition coefficient (Wildman–Crippen LogP) is 3.55. The van der Waals surface area contributed by atoms with E-state index < -0.39 is 0 Å². The molecule has 0 saturated carbocycles. The molecule has 0 aliphatic rings. The van der Waals surface area contributed by atoms with Gasteiger partial charge in [0.05, 0.1) is 7.11 Å². The summed E-state index contributed by atoms with van der Waals surface area (Å²) in [6, 6.07) is 14.7. The Labute approximate surface area is 115 Å². The van der Waals surface area contributed by atoms with Gasteiger partial charge in [-0.3, -0.25) is 0 Å². The van der Waals surface area contributed by atoms with E-state index in [0.29, 0.717) is 0 Å². The van der Waals surface area contributed by atoms with Gasteiger partial charge in [-0.15, -0.1) is 0 Å². The zero-order valence-corrected chi connectivity index (χ0v) is 11.8. The second-order valence-corrected chi connectivity index (χ2v) is 5.03. The average Bonchev–Trinajstić information content (AvgIpc) is 2.42. The van der Waals surface area contributed by atoms with Gasteiger partial charge in [0.1, 0.15) is 5.75 Å². The molecule has 19 heavy (non-hydrogen) atoms. The van der Waals surface area contributed by atoms with Gasteiger partial charge in [0.25, 0.3) is 0 Å². The molecule has 2 rings (SSSR count). The first-order chi connectivity index (χ1) is 9.10. The molecule has 1 atom stereocenters. The topological polar surface area (TPSA) is 35.2 Å². The maximum absolute atomic E-state index is 6.28. The molecule has 0 bridgehead atoms. The van der Waals surface area contributed by atoms with Crippen LogP contribution in [0.1, 0.15) is 28.3 Å². The quantitative estimate of drug-likeness (QED) is 0.906. The average molecular weight is 255 g/mol. The van der Waals surface area contributed by atoms with Crippen molar-refractivity contribution < 1.29 is 4.74 Å². The lowest BCUT2D eigenvalue weighted by Gasteiger charge is -2.14. The molecule has 2 heteroatoms. The zero-order chi connectivity index (χ0) is 13.8. The molecule has 0 aromatic heterocycles. The van der Waals surface area contributed by atoms with Crippen molar-refractivity contribution in [2.75, 3.05) is 7.11 Å². The van der Waals surface area contributed by atoms with Crippen molar-refractivity contribution in [1.29, 1.82) is 0 Å². The lowest BCUT2D eigenvalue weighted by atomic mass is 9.98. The second kappa shape index (κ2) is 5.89. The molecule has 2 nitrogen and oxygen atoms in total. The molecule has 2 N–H and O–H groups in total. The lowest BCUT2D eigenvalue weighted by Crippen LogP contribution is -2.13. The smallest absolute Gasteiger partial charge is 0.122 e. The Morgan fingerprint density at radius 3 is 2.37 bits per heavy atom. The van der Waals surface area contributed by atoms with Crippen LogP contribution in [-0.2, 0) is 6.42 Å². The number of ether oxygens (including phenoxy) is 1. The first-order valence-electron chi connectivity index (χ1n) is 6.56. The Balaban J connectivity index is 2.15. The highest BCUT2D eigenvalue weighted by molar-refractivity contribution is 5.38. The zero-order valence-electron chi connectivity index (χ0n) is 11.8. The number of benzene rings is 2. The normalized spacial score (nSPS) is 12.2. The van der Waals surface area contributed by atoms with Crippen LogP contribution >= 0.6 is 0 Å². The van der Waals surface area contributed by atoms with Gasteiger partial charge in [-0.05, 0) is 43.0 Å². The number of hydrogen-bond donors (Lipinski definition) is 1. The maximum atomic E-state index is 6.28. The summed E-state index contributed by atoms with van der Waals surface area (Å²) in [5.74, 6) is 0.900. The van der Waals surface area contributed by atoms with Crippen LogP contribution in [0.4, 0.5) is 0 Å². The monoisotopic (exact) mass is 255 g/mol. The van der Waals surface area contributed by atoms with Crippen LogP contribution in [0, 0.1) is 13.8 Å². The molecule has 0 aliphatic carbocycles. The fraction of sp³-hybridized carbons (Fsp3) is 0.294. The van der Waals surface area contributed by atoms with E-state index in [1.807, 2.05) is 13.0 Å². The molecule has 2 aromatic rings. The van der Waals surface area contributed by atoms with Crippen molar-refractivity contribution in [2.24, 2.45) is 5.73 Å². The summed E-state index contributed by atoms with van der Waals surface area (Å²) in [4.78, 5) is 0. The summed E-state index contributed by atoms with van der Waals surface area (Å²) >= 11 is 0. The summed E-state index contributed by atoms with van der Waals surface area (Å²) in [5, 5.41) is 0. The fourth-order valence-electron chi connectivity index (χ4n) is 2.16. The van der Waals surface area contributed by atoms with E-state index in [2.05, 4.69) is 43.3 Å². The first-order valence-corrected chi connectivity index (χ1v) is 6.56. The van der Waals surface area contributed by atoms with Crippen LogP contribution < -0.4 is 10.5 Å². The van der Waals surface area contributed by atoms with Crippen molar-refractivity contribution >= 4 is 0 Å². The second-order valence-electron chi connectivity index (χ2n) is 5.03. The van der Waals surface area contributed by atoms with Gasteiger partial charge in [-0.25, -0.2) is 0 Å². The first kappa shape index (κ1) is 13.6. The van der Waals surface area contributed by atoms with E-state index in [1.165, 1.54) is 11.1 Å². The van der Waals surface area contributed by atoms with Crippen LogP contribution in [0.5, 0.6) is 5.75 Å². The molecule has 2 aromatic carbocycles. The summed E-state index contributed by atoms with van der Waals surface area (Å²) in [7, 11) is 1.69. The summed E-state index contributed by atoms with van der Waals surface area (Å²) in [6.45, 7) is 4.13. The van der Waals surface area contributed by atoms with Crippen molar-refractivity contribution in [2.45, 2.75) is 26.3 Å². The highest BCUT2D eigenvalue weighted by Crippen LogP contribution is 2.24. The SMILES string of the molecule is COc1cc(C(N)Cc2ccc(C)cc2)ccc1C. The standard InChI is InChI=1S/C17H21NO/c1-12-4-7-14(8-5-12)10-16(18)15-9-6-13(2)17(11-15)19-3/h4-9,11,16H,10,18H2,1-3H3. The van der Waals surface area contributed by atoms with Crippen LogP contribution in [0.25, 0.3) is 0 Å². The highest BCUT2D eigenvalue weighted by Gasteiger charge is 2.09. The molecule has 0 spiro atoms. The Kier molecular flexibility index (Phi) is 4.23. The van der Waals surface area contributed by atoms with Crippen molar-refractivity contribution in [3.63, 3.8) is 0 Å². The molecule has 0 amide bonds. The van der Waals surface area contributed by atoms with Crippen LogP contribution in [0.15, 0.2) is 42.5 Å². The highest BCUT2D eigenvalue weighted by atomic mass is 16.5. The Morgan fingerprint density at radius 1 is 1.05 bits per heavy atom. The molecule has 0 fully saturated rings. The van der Waals surface area contributed by atoms with Gasteiger partial charge in [0.2, 0.25) is 0 Å². The van der Waals surface area contributed by atoms with Crippen LogP contribution in [-0.4, -0.2) is 7.11 Å². The van der Waals surface area contributed by atoms with Crippen LogP contribution in [0.2, 0.25) is 0 Å². The Bertz CT molecular complexity index is 546. The summed E-state index contributed by atoms with van der Waals surface area (Å²) in [6.07, 6.45) is 0.840. The van der Waals surface area contributed by atoms with E-state index in [-0.39, 0.29) is 6.04 Å². The van der Waals surface area contributed by atoms with Crippen LogP contribution in [0.3, 0.4) is 0 Å². The Morgan fingerprint density at radius 2 is 1.74 bits per heavy atom. The minimum atomic E-state index is -0.00259. The molecular weight excluding hydrogens is 234 g/mol. The van der Waals surface area contributed by atoms with Gasteiger partial charge in [-0.2, -0.15) is 0 Å². The Hall–Kier alpha value is -1.80. The molecule has 0 radical (unpaired) electrons. The van der Waals surface area contributed by atoms with Gasteiger partial charge in [-0.1, -0.05) is 42.0 Å². The van der Waals surface area contributed by atoms with E-state index in [0.717, 1.165) is 23.3 Å². The van der Waals surface area contributed by atoms with Gasteiger partial charge >= 0.3 is 0 Å². The van der Waals surface area contributed by atoms with Crippen molar-refractivity contribution in [3.05, 3.63) is 64.7 Å². The van der Waals surface area contributed by atoms with Crippen molar-refractivity contribution in [3.8, 4) is 5.75 Å². The van der Waals surface area contributed by atoms with Gasteiger partial charge < -0.3 is 10.5 Å². The third-order valence-corrected chi connectivity index (χ3v) is 3.44. The lowest BCUT2D eigenvalue weighted by molar-refractivity contribution is 0.410. The maximum Gasteiger partial charge on any atom is 0.122 e. The van der Waals surface area contributed by atoms with E-state index in [9.17, 15) is 0 Å². The molecule has 0 heterocycles. The van der Waals surface area contributed by atoms with E-state index in [4.69, 9.17) is 10.5 Å². The number of hydrogen-bond acceptors (Lipinski definition) is 2. The number of nitrogens with two attached hydrogens (primary N) is 1. The number of rotatable bonds is 4. The molecule has 100 valence electrons. The summed E-state index contributed by atoms with van der Waals surface area (Å²) in [5.41, 5.74) is 11.1. The molecule has 0 aliphatic heterocycles. The third kappa shape index (κ3) is 3.36. The van der Waals surface area contributed by atoms with Gasteiger partial charge in [0, 0.05) is 6.04 Å². The summed E-state index contributed by atoms with van der Waals surface area (Å²) < 4.78 is 5.35. The largest absolute Gasteiger partial charge is 0.496 e. The molecule has 1 unspecified atom stereocenters. The van der Waals surface area contributed by atoms with E-state index >= 15 is 0 Å². The van der Waals surface area contributed by atoms with Crippen molar-refractivity contribution in [1.82, 2.24) is 0 Å². The minimum Gasteiger partial charge on any atom is -0.496 e. The number of aryl methyl sites for hydroxylation is 2. The van der Waals surface area contributed by atoms with Gasteiger partial charge in [0.15, 0.2) is 0 Å². The predicted molar refractivity (Wildman–Crippen MR) is 79.5 cm³/mol. The van der Waals surface area contributed by atoms with E-state index in [1.54, 1.807) is 7.11 Å².